The van der Waals surface area contributed by atoms with Crippen LogP contribution in [0.5, 0.6) is 0 Å². The van der Waals surface area contributed by atoms with Crippen LogP contribution in [0.3, 0.4) is 0 Å². The van der Waals surface area contributed by atoms with Gasteiger partial charge >= 0.3 is 0 Å². The molecule has 0 saturated carbocycles. The smallest absolute Gasteiger partial charge is 0.167 e. The van der Waals surface area contributed by atoms with Crippen molar-refractivity contribution in [3.8, 4) is 51.0 Å². The van der Waals surface area contributed by atoms with Crippen molar-refractivity contribution in [3.05, 3.63) is 206 Å². The maximum Gasteiger partial charge on any atom is 0.167 e. The molecule has 0 bridgehead atoms. The summed E-state index contributed by atoms with van der Waals surface area (Å²) in [4.78, 5) is 15.6. The summed E-state index contributed by atoms with van der Waals surface area (Å²) in [5.41, 5.74) is 9.68. The average molecular weight is 791 g/mol. The van der Waals surface area contributed by atoms with Crippen molar-refractivity contribution in [1.29, 1.82) is 0 Å². The standard InChI is InChI=1S/C57H34N4O/c1-3-16-35(17-4-1)40-23-11-14-27-44(40)56-58-55(37-19-5-2-6-20-37)59-57(60-56)46-29-15-28-45-53-43-26-13-12-25-42(43)50(34-51(53)62-54(45)46)61-48-31-30-36-18-9-10-24-41(36)52(48)47-32-38-21-7-8-22-39(38)33-49(47)61/h1-34H. The van der Waals surface area contributed by atoms with Crippen molar-refractivity contribution < 1.29 is 4.42 Å². The van der Waals surface area contributed by atoms with Crippen LogP contribution in [0.2, 0.25) is 0 Å². The molecule has 5 nitrogen and oxygen atoms in total. The highest BCUT2D eigenvalue weighted by Crippen LogP contribution is 2.45. The van der Waals surface area contributed by atoms with Gasteiger partial charge in [-0.2, -0.15) is 0 Å². The van der Waals surface area contributed by atoms with Crippen LogP contribution in [0.25, 0.3) is 127 Å². The number of rotatable bonds is 5. The second-order valence-corrected chi connectivity index (χ2v) is 15.9. The van der Waals surface area contributed by atoms with Gasteiger partial charge in [-0.25, -0.2) is 15.0 Å². The van der Waals surface area contributed by atoms with Gasteiger partial charge in [0.15, 0.2) is 17.5 Å². The molecule has 13 rings (SSSR count). The van der Waals surface area contributed by atoms with Gasteiger partial charge in [-0.05, 0) is 62.3 Å². The van der Waals surface area contributed by atoms with Crippen molar-refractivity contribution in [2.45, 2.75) is 0 Å². The molecule has 10 aromatic carbocycles. The molecule has 0 unspecified atom stereocenters. The van der Waals surface area contributed by atoms with Crippen LogP contribution >= 0.6 is 0 Å². The van der Waals surface area contributed by atoms with Crippen LogP contribution in [-0.4, -0.2) is 19.5 Å². The predicted octanol–water partition coefficient (Wildman–Crippen LogP) is 15.0. The summed E-state index contributed by atoms with van der Waals surface area (Å²) >= 11 is 0. The number of para-hydroxylation sites is 1. The Morgan fingerprint density at radius 3 is 1.71 bits per heavy atom. The second-order valence-electron chi connectivity index (χ2n) is 15.9. The summed E-state index contributed by atoms with van der Waals surface area (Å²) in [6.07, 6.45) is 0. The molecule has 0 fully saturated rings. The third kappa shape index (κ3) is 5.25. The van der Waals surface area contributed by atoms with E-state index in [1.54, 1.807) is 0 Å². The third-order valence-corrected chi connectivity index (χ3v) is 12.4. The lowest BCUT2D eigenvalue weighted by Gasteiger charge is -2.13. The van der Waals surface area contributed by atoms with Gasteiger partial charge in [-0.3, -0.25) is 0 Å². The SMILES string of the molecule is c1ccc(-c2nc(-c3ccccc3-c3ccccc3)nc(-c3cccc4c3oc3cc(-n5c6cc7ccccc7cc6c6c7ccccc7ccc65)c5ccccc5c34)n2)cc1. The summed E-state index contributed by atoms with van der Waals surface area (Å²) < 4.78 is 9.56. The van der Waals surface area contributed by atoms with Gasteiger partial charge in [0.1, 0.15) is 11.2 Å². The maximum absolute atomic E-state index is 7.12. The Morgan fingerprint density at radius 1 is 0.339 bits per heavy atom. The van der Waals surface area contributed by atoms with Crippen molar-refractivity contribution in [2.75, 3.05) is 0 Å². The molecule has 288 valence electrons. The van der Waals surface area contributed by atoms with Crippen LogP contribution in [0.4, 0.5) is 0 Å². The molecule has 13 aromatic rings. The first-order valence-corrected chi connectivity index (χ1v) is 20.9. The molecule has 0 aliphatic rings. The van der Waals surface area contributed by atoms with Gasteiger partial charge < -0.3 is 8.98 Å². The summed E-state index contributed by atoms with van der Waals surface area (Å²) in [6.45, 7) is 0. The Bertz CT molecular complexity index is 3920. The quantitative estimate of drug-likeness (QED) is 0.174. The molecule has 0 aliphatic heterocycles. The largest absolute Gasteiger partial charge is 0.455 e. The summed E-state index contributed by atoms with van der Waals surface area (Å²) in [5, 5.41) is 11.7. The number of hydrogen-bond donors (Lipinski definition) is 0. The van der Waals surface area contributed by atoms with Crippen LogP contribution in [-0.2, 0) is 0 Å². The molecular weight excluding hydrogens is 757 g/mol. The zero-order valence-corrected chi connectivity index (χ0v) is 33.3. The van der Waals surface area contributed by atoms with Gasteiger partial charge in [-0.15, -0.1) is 0 Å². The lowest BCUT2D eigenvalue weighted by Crippen LogP contribution is -2.01. The van der Waals surface area contributed by atoms with E-state index in [-0.39, 0.29) is 0 Å². The molecule has 3 aromatic heterocycles. The maximum atomic E-state index is 7.12. The highest BCUT2D eigenvalue weighted by molar-refractivity contribution is 6.26. The van der Waals surface area contributed by atoms with Crippen molar-refractivity contribution in [1.82, 2.24) is 19.5 Å². The summed E-state index contributed by atoms with van der Waals surface area (Å²) in [6, 6.07) is 72.6. The summed E-state index contributed by atoms with van der Waals surface area (Å²) in [7, 11) is 0. The molecule has 0 N–H and O–H groups in total. The van der Waals surface area contributed by atoms with E-state index >= 15 is 0 Å². The highest BCUT2D eigenvalue weighted by Gasteiger charge is 2.23. The number of aromatic nitrogens is 4. The molecule has 62 heavy (non-hydrogen) atoms. The van der Waals surface area contributed by atoms with E-state index in [4.69, 9.17) is 19.4 Å². The molecular formula is C57H34N4O. The Labute approximate surface area is 355 Å². The monoisotopic (exact) mass is 790 g/mol. The van der Waals surface area contributed by atoms with Crippen molar-refractivity contribution >= 4 is 76.1 Å². The number of benzene rings is 10. The Hall–Kier alpha value is -8.41. The van der Waals surface area contributed by atoms with E-state index in [0.717, 1.165) is 77.2 Å². The zero-order valence-electron chi connectivity index (χ0n) is 33.3. The molecule has 0 atom stereocenters. The normalized spacial score (nSPS) is 11.9. The number of nitrogens with zero attached hydrogens (tertiary/aromatic N) is 4. The zero-order chi connectivity index (χ0) is 40.7. The highest BCUT2D eigenvalue weighted by atomic mass is 16.3. The predicted molar refractivity (Wildman–Crippen MR) is 256 cm³/mol. The van der Waals surface area contributed by atoms with E-state index in [1.165, 1.54) is 32.3 Å². The average Bonchev–Trinajstić information content (AvgIpc) is 3.89. The lowest BCUT2D eigenvalue weighted by molar-refractivity contribution is 0.669. The fourth-order valence-electron chi connectivity index (χ4n) is 9.62. The van der Waals surface area contributed by atoms with Crippen LogP contribution < -0.4 is 0 Å². The van der Waals surface area contributed by atoms with Crippen molar-refractivity contribution in [2.24, 2.45) is 0 Å². The van der Waals surface area contributed by atoms with Gasteiger partial charge in [0, 0.05) is 44.1 Å². The first kappa shape index (κ1) is 34.5. The van der Waals surface area contributed by atoms with E-state index in [1.807, 2.05) is 42.5 Å². The van der Waals surface area contributed by atoms with E-state index < -0.39 is 0 Å². The van der Waals surface area contributed by atoms with Crippen LogP contribution in [0, 0.1) is 0 Å². The van der Waals surface area contributed by atoms with E-state index in [9.17, 15) is 0 Å². The van der Waals surface area contributed by atoms with Crippen LogP contribution in [0.1, 0.15) is 0 Å². The minimum atomic E-state index is 0.548. The first-order valence-electron chi connectivity index (χ1n) is 20.9. The minimum Gasteiger partial charge on any atom is -0.455 e. The van der Waals surface area contributed by atoms with Crippen LogP contribution in [0.15, 0.2) is 211 Å². The van der Waals surface area contributed by atoms with E-state index in [0.29, 0.717) is 17.5 Å². The molecule has 0 saturated heterocycles. The Kier molecular flexibility index (Phi) is 7.54. The van der Waals surface area contributed by atoms with Crippen molar-refractivity contribution in [3.63, 3.8) is 0 Å². The number of furan rings is 1. The molecule has 5 heteroatoms. The Morgan fingerprint density at radius 2 is 0.919 bits per heavy atom. The third-order valence-electron chi connectivity index (χ3n) is 12.4. The van der Waals surface area contributed by atoms with Gasteiger partial charge in [0.05, 0.1) is 22.3 Å². The summed E-state index contributed by atoms with van der Waals surface area (Å²) in [5.74, 6) is 1.74. The molecule has 3 heterocycles. The Balaban J connectivity index is 1.09. The lowest BCUT2D eigenvalue weighted by atomic mass is 9.99. The fraction of sp³-hybridized carbons (Fsp3) is 0. The van der Waals surface area contributed by atoms with Gasteiger partial charge in [0.2, 0.25) is 0 Å². The molecule has 0 radical (unpaired) electrons. The first-order chi connectivity index (χ1) is 30.7. The minimum absolute atomic E-state index is 0.548. The number of hydrogen-bond acceptors (Lipinski definition) is 4. The molecule has 0 aliphatic carbocycles. The number of fused-ring (bicyclic) bond motifs is 11. The second kappa shape index (κ2) is 13.6. The molecule has 0 spiro atoms. The molecule has 0 amide bonds. The van der Waals surface area contributed by atoms with Gasteiger partial charge in [0.25, 0.3) is 0 Å². The van der Waals surface area contributed by atoms with Gasteiger partial charge in [-0.1, -0.05) is 176 Å². The topological polar surface area (TPSA) is 56.7 Å². The van der Waals surface area contributed by atoms with E-state index in [2.05, 4.69) is 168 Å². The fourth-order valence-corrected chi connectivity index (χ4v) is 9.62.